The molecule has 0 bridgehead atoms. The molecule has 2 N–H and O–H groups in total. The molecule has 0 spiro atoms. The van der Waals surface area contributed by atoms with Gasteiger partial charge in [0.1, 0.15) is 0 Å². The fourth-order valence-corrected chi connectivity index (χ4v) is 2.55. The first-order valence-corrected chi connectivity index (χ1v) is 8.30. The van der Waals surface area contributed by atoms with Crippen LogP contribution in [0.5, 0.6) is 0 Å². The van der Waals surface area contributed by atoms with Crippen LogP contribution in [0.25, 0.3) is 0 Å². The van der Waals surface area contributed by atoms with Gasteiger partial charge in [0.2, 0.25) is 5.91 Å². The highest BCUT2D eigenvalue weighted by atomic mass is 35.5. The molecule has 5 nitrogen and oxygen atoms in total. The lowest BCUT2D eigenvalue weighted by Crippen LogP contribution is -2.41. The summed E-state index contributed by atoms with van der Waals surface area (Å²) in [6.45, 7) is 10.7. The van der Waals surface area contributed by atoms with Crippen molar-refractivity contribution in [1.29, 1.82) is 0 Å². The summed E-state index contributed by atoms with van der Waals surface area (Å²) in [4.78, 5) is 14.2. The normalized spacial score (nSPS) is 15.8. The number of nitrogens with zero attached hydrogens (tertiary/aromatic N) is 1. The summed E-state index contributed by atoms with van der Waals surface area (Å²) in [7, 11) is 1.66. The van der Waals surface area contributed by atoms with Gasteiger partial charge in [-0.1, -0.05) is 13.8 Å². The van der Waals surface area contributed by atoms with Crippen LogP contribution in [0.3, 0.4) is 0 Å². The molecule has 7 heteroatoms. The second-order valence-electron chi connectivity index (χ2n) is 6.44. The number of nitrogens with one attached hydrogen (secondary N) is 2. The Morgan fingerprint density at radius 3 is 2.48 bits per heavy atom. The van der Waals surface area contributed by atoms with E-state index in [1.54, 1.807) is 7.11 Å². The Morgan fingerprint density at radius 1 is 1.26 bits per heavy atom. The molecule has 140 valence electrons. The first kappa shape index (κ1) is 25.2. The van der Waals surface area contributed by atoms with Gasteiger partial charge in [-0.2, -0.15) is 0 Å². The Kier molecular flexibility index (Phi) is 16.9. The molecule has 0 aromatic rings. The van der Waals surface area contributed by atoms with E-state index < -0.39 is 0 Å². The predicted molar refractivity (Wildman–Crippen MR) is 101 cm³/mol. The Balaban J connectivity index is 0. The lowest BCUT2D eigenvalue weighted by atomic mass is 9.96. The van der Waals surface area contributed by atoms with E-state index >= 15 is 0 Å². The van der Waals surface area contributed by atoms with Crippen LogP contribution < -0.4 is 10.6 Å². The summed E-state index contributed by atoms with van der Waals surface area (Å²) >= 11 is 0. The highest BCUT2D eigenvalue weighted by Crippen LogP contribution is 2.17. The molecule has 1 fully saturated rings. The zero-order chi connectivity index (χ0) is 15.5. The van der Waals surface area contributed by atoms with Crippen LogP contribution in [-0.2, 0) is 9.53 Å². The van der Waals surface area contributed by atoms with Gasteiger partial charge in [0.25, 0.3) is 0 Å². The lowest BCUT2D eigenvalue weighted by Gasteiger charge is -2.32. The number of ether oxygens (including phenoxy) is 1. The maximum Gasteiger partial charge on any atom is 0.233 e. The van der Waals surface area contributed by atoms with E-state index in [1.165, 1.54) is 38.9 Å². The van der Waals surface area contributed by atoms with Crippen LogP contribution in [0, 0.1) is 11.8 Å². The van der Waals surface area contributed by atoms with Crippen LogP contribution >= 0.6 is 24.8 Å². The van der Waals surface area contributed by atoms with Crippen LogP contribution in [0.15, 0.2) is 0 Å². The van der Waals surface area contributed by atoms with Crippen molar-refractivity contribution in [2.75, 3.05) is 53.0 Å². The van der Waals surface area contributed by atoms with Crippen molar-refractivity contribution in [3.8, 4) is 0 Å². The van der Waals surface area contributed by atoms with Crippen molar-refractivity contribution in [3.05, 3.63) is 0 Å². The zero-order valence-electron chi connectivity index (χ0n) is 14.8. The second kappa shape index (κ2) is 15.5. The molecule has 0 aromatic carbocycles. The molecule has 0 aliphatic carbocycles. The SMILES string of the molecule is COCCNCC(=O)NCC1CCN(CCC(C)C)CC1.Cl.Cl. The van der Waals surface area contributed by atoms with E-state index in [2.05, 4.69) is 29.4 Å². The third-order valence-corrected chi connectivity index (χ3v) is 4.09. The van der Waals surface area contributed by atoms with Gasteiger partial charge in [-0.05, 0) is 50.7 Å². The van der Waals surface area contributed by atoms with Crippen molar-refractivity contribution >= 4 is 30.7 Å². The smallest absolute Gasteiger partial charge is 0.233 e. The largest absolute Gasteiger partial charge is 0.383 e. The molecule has 1 rings (SSSR count). The number of methoxy groups -OCH3 is 1. The third kappa shape index (κ3) is 13.0. The van der Waals surface area contributed by atoms with Crippen molar-refractivity contribution in [1.82, 2.24) is 15.5 Å². The Hall–Kier alpha value is -0.0700. The number of carbonyl (C=O) groups excluding carboxylic acids is 1. The van der Waals surface area contributed by atoms with Crippen LogP contribution in [0.1, 0.15) is 33.1 Å². The number of hydrogen-bond acceptors (Lipinski definition) is 4. The molecule has 0 unspecified atom stereocenters. The second-order valence-corrected chi connectivity index (χ2v) is 6.44. The molecular formula is C16H35Cl2N3O2. The van der Waals surface area contributed by atoms with Crippen LogP contribution in [0.2, 0.25) is 0 Å². The summed E-state index contributed by atoms with van der Waals surface area (Å²) in [5, 5.41) is 6.10. The fourth-order valence-electron chi connectivity index (χ4n) is 2.55. The van der Waals surface area contributed by atoms with Gasteiger partial charge < -0.3 is 20.3 Å². The summed E-state index contributed by atoms with van der Waals surface area (Å²) in [5.74, 6) is 1.52. The van der Waals surface area contributed by atoms with Gasteiger partial charge in [0, 0.05) is 20.2 Å². The molecule has 1 heterocycles. The number of piperidine rings is 1. The van der Waals surface area contributed by atoms with Gasteiger partial charge in [-0.15, -0.1) is 24.8 Å². The van der Waals surface area contributed by atoms with Gasteiger partial charge >= 0.3 is 0 Å². The van der Waals surface area contributed by atoms with E-state index in [9.17, 15) is 4.79 Å². The first-order valence-electron chi connectivity index (χ1n) is 8.30. The van der Waals surface area contributed by atoms with Crippen molar-refractivity contribution in [2.45, 2.75) is 33.1 Å². The highest BCUT2D eigenvalue weighted by molar-refractivity contribution is 5.85. The maximum atomic E-state index is 11.7. The number of halogens is 2. The number of likely N-dealkylation sites (tertiary alicyclic amines) is 1. The minimum absolute atomic E-state index is 0. The van der Waals surface area contributed by atoms with Crippen molar-refractivity contribution < 1.29 is 9.53 Å². The van der Waals surface area contributed by atoms with Crippen LogP contribution in [-0.4, -0.2) is 63.8 Å². The molecule has 0 atom stereocenters. The first-order chi connectivity index (χ1) is 10.1. The third-order valence-electron chi connectivity index (χ3n) is 4.09. The maximum absolute atomic E-state index is 11.7. The molecule has 1 amide bonds. The Bertz CT molecular complexity index is 286. The molecule has 23 heavy (non-hydrogen) atoms. The summed E-state index contributed by atoms with van der Waals surface area (Å²) in [5.41, 5.74) is 0. The summed E-state index contributed by atoms with van der Waals surface area (Å²) in [6, 6.07) is 0. The Labute approximate surface area is 154 Å². The predicted octanol–water partition coefficient (Wildman–Crippen LogP) is 1.94. The molecule has 0 aromatic heterocycles. The Morgan fingerprint density at radius 2 is 1.91 bits per heavy atom. The number of hydrogen-bond donors (Lipinski definition) is 2. The summed E-state index contributed by atoms with van der Waals surface area (Å²) in [6.07, 6.45) is 3.69. The fraction of sp³-hybridized carbons (Fsp3) is 0.938. The number of rotatable bonds is 10. The molecule has 1 aliphatic rings. The van der Waals surface area contributed by atoms with E-state index in [4.69, 9.17) is 4.74 Å². The molecule has 0 radical (unpaired) electrons. The molecular weight excluding hydrogens is 337 g/mol. The zero-order valence-corrected chi connectivity index (χ0v) is 16.4. The van der Waals surface area contributed by atoms with E-state index in [0.717, 1.165) is 19.0 Å². The average molecular weight is 372 g/mol. The van der Waals surface area contributed by atoms with Crippen molar-refractivity contribution in [2.24, 2.45) is 11.8 Å². The van der Waals surface area contributed by atoms with Crippen LogP contribution in [0.4, 0.5) is 0 Å². The topological polar surface area (TPSA) is 53.6 Å². The number of carbonyl (C=O) groups is 1. The van der Waals surface area contributed by atoms with E-state index in [0.29, 0.717) is 19.1 Å². The quantitative estimate of drug-likeness (QED) is 0.576. The van der Waals surface area contributed by atoms with Gasteiger partial charge in [0.15, 0.2) is 0 Å². The average Bonchev–Trinajstić information content (AvgIpc) is 2.48. The highest BCUT2D eigenvalue weighted by Gasteiger charge is 2.19. The summed E-state index contributed by atoms with van der Waals surface area (Å²) < 4.78 is 4.92. The van der Waals surface area contributed by atoms with Crippen molar-refractivity contribution in [3.63, 3.8) is 0 Å². The van der Waals surface area contributed by atoms with Gasteiger partial charge in [-0.25, -0.2) is 0 Å². The lowest BCUT2D eigenvalue weighted by molar-refractivity contribution is -0.120. The number of amides is 1. The molecule has 1 aliphatic heterocycles. The molecule has 1 saturated heterocycles. The standard InChI is InChI=1S/C16H33N3O2.2ClH/c1-14(2)4-8-19-9-5-15(6-10-19)12-18-16(20)13-17-7-11-21-3;;/h14-15,17H,4-13H2,1-3H3,(H,18,20);2*1H. The minimum atomic E-state index is 0. The monoisotopic (exact) mass is 371 g/mol. The van der Waals surface area contributed by atoms with Gasteiger partial charge in [0.05, 0.1) is 13.2 Å². The molecule has 0 saturated carbocycles. The van der Waals surface area contributed by atoms with E-state index in [1.807, 2.05) is 0 Å². The van der Waals surface area contributed by atoms with E-state index in [-0.39, 0.29) is 30.7 Å². The van der Waals surface area contributed by atoms with Gasteiger partial charge in [-0.3, -0.25) is 4.79 Å². The minimum Gasteiger partial charge on any atom is -0.383 e.